The van der Waals surface area contributed by atoms with E-state index >= 15 is 0 Å². The molecule has 1 atom stereocenters. The highest BCUT2D eigenvalue weighted by Gasteiger charge is 2.35. The van der Waals surface area contributed by atoms with Crippen LogP contribution >= 0.6 is 11.6 Å². The minimum atomic E-state index is -0.651. The van der Waals surface area contributed by atoms with Gasteiger partial charge in [-0.3, -0.25) is 14.6 Å². The van der Waals surface area contributed by atoms with Gasteiger partial charge in [0, 0.05) is 23.6 Å². The van der Waals surface area contributed by atoms with Crippen LogP contribution < -0.4 is 15.0 Å². The highest BCUT2D eigenvalue weighted by atomic mass is 35.5. The Labute approximate surface area is 182 Å². The zero-order chi connectivity index (χ0) is 22.1. The summed E-state index contributed by atoms with van der Waals surface area (Å²) in [4.78, 5) is 36.1. The number of anilines is 2. The molecule has 4 rings (SSSR count). The van der Waals surface area contributed by atoms with Gasteiger partial charge in [-0.15, -0.1) is 0 Å². The van der Waals surface area contributed by atoms with Gasteiger partial charge in [0.05, 0.1) is 35.0 Å². The number of ether oxygens (including phenoxy) is 1. The Morgan fingerprint density at radius 1 is 1.26 bits per heavy atom. The zero-order valence-corrected chi connectivity index (χ0v) is 17.5. The number of nitrogens with one attached hydrogen (secondary N) is 1. The molecule has 3 aromatic rings. The van der Waals surface area contributed by atoms with Gasteiger partial charge in [0.25, 0.3) is 0 Å². The van der Waals surface area contributed by atoms with E-state index in [-0.39, 0.29) is 23.2 Å². The third kappa shape index (κ3) is 3.82. The van der Waals surface area contributed by atoms with Crippen molar-refractivity contribution in [2.75, 3.05) is 23.9 Å². The van der Waals surface area contributed by atoms with Crippen molar-refractivity contribution in [1.82, 2.24) is 9.97 Å². The van der Waals surface area contributed by atoms with Gasteiger partial charge in [0.2, 0.25) is 17.7 Å². The van der Waals surface area contributed by atoms with Gasteiger partial charge < -0.3 is 15.0 Å². The molecule has 0 saturated heterocycles. The molecule has 0 saturated carbocycles. The lowest BCUT2D eigenvalue weighted by Crippen LogP contribution is -2.40. The Morgan fingerprint density at radius 3 is 2.81 bits per heavy atom. The van der Waals surface area contributed by atoms with E-state index in [4.69, 9.17) is 16.3 Å². The van der Waals surface area contributed by atoms with Gasteiger partial charge in [-0.25, -0.2) is 9.37 Å². The number of hydrogen-bond donors (Lipinski definition) is 1. The summed E-state index contributed by atoms with van der Waals surface area (Å²) in [5.41, 5.74) is 2.58. The van der Waals surface area contributed by atoms with Crippen LogP contribution in [-0.4, -0.2) is 35.4 Å². The second kappa shape index (κ2) is 8.31. The van der Waals surface area contributed by atoms with Crippen LogP contribution in [0.15, 0.2) is 48.8 Å². The lowest BCUT2D eigenvalue weighted by molar-refractivity contribution is -0.122. The summed E-state index contributed by atoms with van der Waals surface area (Å²) in [6.45, 7) is 1.45. The van der Waals surface area contributed by atoms with E-state index < -0.39 is 17.6 Å². The van der Waals surface area contributed by atoms with Crippen LogP contribution in [0, 0.1) is 5.82 Å². The number of hydrogen-bond acceptors (Lipinski definition) is 5. The standard InChI is InChI=1S/C22H18ClFN4O3/c1-12-20-14(4-3-8-25-20)19-17(7-9-26-21(19)31-2)28(22(12)30)11-18(29)27-13-5-6-15(23)16(24)10-13/h3-10,12H,11H2,1-2H3,(H,27,29). The number of pyridine rings is 2. The number of aromatic nitrogens is 2. The predicted octanol–water partition coefficient (Wildman–Crippen LogP) is 4.03. The number of fused-ring (bicyclic) bond motifs is 3. The lowest BCUT2D eigenvalue weighted by Gasteiger charge is -2.24. The zero-order valence-electron chi connectivity index (χ0n) is 16.7. The normalized spacial score (nSPS) is 15.0. The highest BCUT2D eigenvalue weighted by molar-refractivity contribution is 6.30. The van der Waals surface area contributed by atoms with Crippen LogP contribution in [0.1, 0.15) is 18.5 Å². The first-order chi connectivity index (χ1) is 14.9. The Balaban J connectivity index is 1.74. The van der Waals surface area contributed by atoms with Crippen LogP contribution in [0.5, 0.6) is 5.88 Å². The van der Waals surface area contributed by atoms with Crippen molar-refractivity contribution in [3.8, 4) is 17.0 Å². The average molecular weight is 441 g/mol. The smallest absolute Gasteiger partial charge is 0.244 e. The average Bonchev–Trinajstić information content (AvgIpc) is 2.86. The molecule has 1 N–H and O–H groups in total. The molecule has 0 fully saturated rings. The minimum Gasteiger partial charge on any atom is -0.480 e. The molecule has 0 bridgehead atoms. The Morgan fingerprint density at radius 2 is 2.06 bits per heavy atom. The molecule has 0 radical (unpaired) electrons. The Kier molecular flexibility index (Phi) is 5.56. The molecule has 0 spiro atoms. The summed E-state index contributed by atoms with van der Waals surface area (Å²) < 4.78 is 19.1. The van der Waals surface area contributed by atoms with E-state index in [1.165, 1.54) is 30.3 Å². The summed E-state index contributed by atoms with van der Waals surface area (Å²) in [7, 11) is 1.49. The Bertz CT molecular complexity index is 1190. The molecular weight excluding hydrogens is 423 g/mol. The predicted molar refractivity (Wildman–Crippen MR) is 115 cm³/mol. The number of amides is 2. The minimum absolute atomic E-state index is 0.0479. The van der Waals surface area contributed by atoms with E-state index in [0.717, 1.165) is 6.07 Å². The molecule has 7 nitrogen and oxygen atoms in total. The molecule has 0 aliphatic carbocycles. The fourth-order valence-electron chi connectivity index (χ4n) is 3.59. The number of carbonyl (C=O) groups is 2. The molecule has 1 unspecified atom stereocenters. The first kappa shape index (κ1) is 20.7. The molecule has 1 aliphatic rings. The van der Waals surface area contributed by atoms with Crippen LogP contribution in [0.4, 0.5) is 15.8 Å². The maximum absolute atomic E-state index is 13.7. The number of benzene rings is 1. The van der Waals surface area contributed by atoms with Gasteiger partial charge in [-0.2, -0.15) is 0 Å². The SMILES string of the molecule is COc1nccc2c1-c1cccnc1C(C)C(=O)N2CC(=O)Nc1ccc(Cl)c(F)c1. The maximum atomic E-state index is 13.7. The number of nitrogens with zero attached hydrogens (tertiary/aromatic N) is 3. The van der Waals surface area contributed by atoms with E-state index in [0.29, 0.717) is 28.4 Å². The molecule has 3 heterocycles. The molecule has 1 aromatic carbocycles. The summed E-state index contributed by atoms with van der Waals surface area (Å²) in [6.07, 6.45) is 3.12. The molecule has 1 aliphatic heterocycles. The monoisotopic (exact) mass is 440 g/mol. The van der Waals surface area contributed by atoms with Gasteiger partial charge in [0.15, 0.2) is 0 Å². The number of methoxy groups -OCH3 is 1. The van der Waals surface area contributed by atoms with E-state index in [1.807, 2.05) is 6.07 Å². The van der Waals surface area contributed by atoms with Crippen molar-refractivity contribution >= 4 is 34.8 Å². The van der Waals surface area contributed by atoms with Crippen molar-refractivity contribution in [1.29, 1.82) is 0 Å². The highest BCUT2D eigenvalue weighted by Crippen LogP contribution is 2.43. The summed E-state index contributed by atoms with van der Waals surface area (Å²) in [6, 6.07) is 9.21. The lowest BCUT2D eigenvalue weighted by atomic mass is 9.98. The molecule has 158 valence electrons. The fourth-order valence-corrected chi connectivity index (χ4v) is 3.71. The maximum Gasteiger partial charge on any atom is 0.244 e. The van der Waals surface area contributed by atoms with E-state index in [1.54, 1.807) is 25.3 Å². The second-order valence-corrected chi connectivity index (χ2v) is 7.38. The van der Waals surface area contributed by atoms with Crippen LogP contribution in [0.25, 0.3) is 11.1 Å². The fraction of sp³-hybridized carbons (Fsp3) is 0.182. The first-order valence-corrected chi connectivity index (χ1v) is 9.83. The van der Waals surface area contributed by atoms with Crippen molar-refractivity contribution in [3.05, 3.63) is 65.3 Å². The number of halogens is 2. The van der Waals surface area contributed by atoms with Crippen molar-refractivity contribution in [2.24, 2.45) is 0 Å². The van der Waals surface area contributed by atoms with Crippen molar-refractivity contribution in [2.45, 2.75) is 12.8 Å². The molecule has 2 amide bonds. The molecular formula is C22H18ClFN4O3. The first-order valence-electron chi connectivity index (χ1n) is 9.45. The third-order valence-corrected chi connectivity index (χ3v) is 5.34. The second-order valence-electron chi connectivity index (χ2n) is 6.97. The van der Waals surface area contributed by atoms with E-state index in [9.17, 15) is 14.0 Å². The van der Waals surface area contributed by atoms with Crippen molar-refractivity contribution in [3.63, 3.8) is 0 Å². The van der Waals surface area contributed by atoms with Crippen LogP contribution in [0.2, 0.25) is 5.02 Å². The Hall–Kier alpha value is -3.52. The van der Waals surface area contributed by atoms with Gasteiger partial charge in [0.1, 0.15) is 12.4 Å². The largest absolute Gasteiger partial charge is 0.480 e. The molecule has 31 heavy (non-hydrogen) atoms. The quantitative estimate of drug-likeness (QED) is 0.662. The van der Waals surface area contributed by atoms with Crippen LogP contribution in [0.3, 0.4) is 0 Å². The van der Waals surface area contributed by atoms with Gasteiger partial charge in [-0.05, 0) is 37.3 Å². The van der Waals surface area contributed by atoms with E-state index in [2.05, 4.69) is 15.3 Å². The van der Waals surface area contributed by atoms with Gasteiger partial charge in [-0.1, -0.05) is 17.7 Å². The number of rotatable bonds is 4. The molecule has 2 aromatic heterocycles. The van der Waals surface area contributed by atoms with Crippen LogP contribution in [-0.2, 0) is 9.59 Å². The topological polar surface area (TPSA) is 84.4 Å². The molecule has 9 heteroatoms. The van der Waals surface area contributed by atoms with Gasteiger partial charge >= 0.3 is 0 Å². The third-order valence-electron chi connectivity index (χ3n) is 5.04. The summed E-state index contributed by atoms with van der Waals surface area (Å²) in [5.74, 6) is -1.73. The summed E-state index contributed by atoms with van der Waals surface area (Å²) in [5, 5.41) is 2.55. The summed E-state index contributed by atoms with van der Waals surface area (Å²) >= 11 is 5.69. The number of carbonyl (C=O) groups excluding carboxylic acids is 2. The van der Waals surface area contributed by atoms with Crippen molar-refractivity contribution < 1.29 is 18.7 Å².